The molecule has 0 radical (unpaired) electrons. The van der Waals surface area contributed by atoms with Crippen molar-refractivity contribution in [2.24, 2.45) is 0 Å². The third kappa shape index (κ3) is 3.76. The Balaban J connectivity index is 1.55. The largest absolute Gasteiger partial charge is 0.385 e. The molecule has 22 heavy (non-hydrogen) atoms. The lowest BCUT2D eigenvalue weighted by Crippen LogP contribution is -2.42. The van der Waals surface area contributed by atoms with Gasteiger partial charge in [-0.05, 0) is 49.8 Å². The van der Waals surface area contributed by atoms with Crippen molar-refractivity contribution in [1.29, 1.82) is 0 Å². The Labute approximate surface area is 133 Å². The van der Waals surface area contributed by atoms with Crippen molar-refractivity contribution in [3.8, 4) is 0 Å². The highest BCUT2D eigenvalue weighted by molar-refractivity contribution is 5.23. The van der Waals surface area contributed by atoms with Crippen LogP contribution in [0.5, 0.6) is 0 Å². The van der Waals surface area contributed by atoms with Crippen LogP contribution in [0.1, 0.15) is 36.8 Å². The maximum atomic E-state index is 11.0. The van der Waals surface area contributed by atoms with E-state index in [1.807, 2.05) is 30.3 Å². The van der Waals surface area contributed by atoms with Gasteiger partial charge in [0.25, 0.3) is 0 Å². The van der Waals surface area contributed by atoms with E-state index >= 15 is 0 Å². The van der Waals surface area contributed by atoms with Crippen molar-refractivity contribution in [3.63, 3.8) is 0 Å². The molecule has 1 saturated carbocycles. The number of nitrogens with one attached hydrogen (secondary N) is 1. The van der Waals surface area contributed by atoms with E-state index in [1.54, 1.807) is 0 Å². The van der Waals surface area contributed by atoms with Crippen LogP contribution in [-0.4, -0.2) is 17.7 Å². The first kappa shape index (κ1) is 15.3. The van der Waals surface area contributed by atoms with Gasteiger partial charge in [0.05, 0.1) is 5.60 Å². The molecule has 2 aromatic carbocycles. The van der Waals surface area contributed by atoms with Gasteiger partial charge < -0.3 is 10.4 Å². The van der Waals surface area contributed by atoms with E-state index in [2.05, 4.69) is 35.6 Å². The molecule has 0 saturated heterocycles. The SMILES string of the molecule is O[C@]1(c2ccccc2)CCC[C@@H](NCCc2ccccc2)C1. The van der Waals surface area contributed by atoms with E-state index in [1.165, 1.54) is 5.56 Å². The maximum Gasteiger partial charge on any atom is 0.0911 e. The topological polar surface area (TPSA) is 32.3 Å². The van der Waals surface area contributed by atoms with Crippen LogP contribution in [0.3, 0.4) is 0 Å². The Bertz CT molecular complexity index is 569. The molecule has 0 bridgehead atoms. The first-order chi connectivity index (χ1) is 10.8. The van der Waals surface area contributed by atoms with Crippen molar-refractivity contribution in [3.05, 3.63) is 71.8 Å². The number of aliphatic hydroxyl groups is 1. The average Bonchev–Trinajstić information content (AvgIpc) is 2.57. The summed E-state index contributed by atoms with van der Waals surface area (Å²) in [5.41, 5.74) is 1.76. The van der Waals surface area contributed by atoms with Crippen molar-refractivity contribution in [2.45, 2.75) is 43.7 Å². The second-order valence-electron chi connectivity index (χ2n) is 6.38. The summed E-state index contributed by atoms with van der Waals surface area (Å²) in [6.45, 7) is 0.972. The van der Waals surface area contributed by atoms with E-state index in [9.17, 15) is 5.11 Å². The summed E-state index contributed by atoms with van der Waals surface area (Å²) >= 11 is 0. The lowest BCUT2D eigenvalue weighted by Gasteiger charge is -2.37. The molecule has 3 rings (SSSR count). The molecule has 0 aromatic heterocycles. The van der Waals surface area contributed by atoms with Crippen molar-refractivity contribution in [1.82, 2.24) is 5.32 Å². The highest BCUT2D eigenvalue weighted by atomic mass is 16.3. The summed E-state index contributed by atoms with van der Waals surface area (Å²) in [7, 11) is 0. The second-order valence-corrected chi connectivity index (χ2v) is 6.38. The summed E-state index contributed by atoms with van der Waals surface area (Å²) < 4.78 is 0. The Kier molecular flexibility index (Phi) is 4.91. The van der Waals surface area contributed by atoms with Gasteiger partial charge in [-0.2, -0.15) is 0 Å². The highest BCUT2D eigenvalue weighted by Crippen LogP contribution is 2.36. The minimum Gasteiger partial charge on any atom is -0.385 e. The fourth-order valence-electron chi connectivity index (χ4n) is 3.50. The normalized spacial score (nSPS) is 25.0. The minimum absolute atomic E-state index is 0.405. The molecule has 0 aliphatic heterocycles. The number of hydrogen-bond acceptors (Lipinski definition) is 2. The number of rotatable bonds is 5. The quantitative estimate of drug-likeness (QED) is 0.882. The van der Waals surface area contributed by atoms with Crippen LogP contribution in [0.15, 0.2) is 60.7 Å². The van der Waals surface area contributed by atoms with Crippen LogP contribution in [0.25, 0.3) is 0 Å². The zero-order valence-electron chi connectivity index (χ0n) is 13.0. The molecule has 2 N–H and O–H groups in total. The second kappa shape index (κ2) is 7.08. The molecule has 1 fully saturated rings. The van der Waals surface area contributed by atoms with E-state index in [0.717, 1.165) is 44.2 Å². The Morgan fingerprint density at radius 2 is 1.68 bits per heavy atom. The van der Waals surface area contributed by atoms with Gasteiger partial charge in [-0.15, -0.1) is 0 Å². The standard InChI is InChI=1S/C20H25NO/c22-20(18-10-5-2-6-11-18)14-7-12-19(16-20)21-15-13-17-8-3-1-4-9-17/h1-6,8-11,19,21-22H,7,12-16H2/t19-,20-/m1/s1. The predicted molar refractivity (Wildman–Crippen MR) is 90.7 cm³/mol. The first-order valence-electron chi connectivity index (χ1n) is 8.31. The van der Waals surface area contributed by atoms with Gasteiger partial charge >= 0.3 is 0 Å². The Hall–Kier alpha value is -1.64. The van der Waals surface area contributed by atoms with Crippen LogP contribution in [0.4, 0.5) is 0 Å². The zero-order valence-corrected chi connectivity index (χ0v) is 13.0. The molecule has 2 aromatic rings. The van der Waals surface area contributed by atoms with Crippen molar-refractivity contribution < 1.29 is 5.11 Å². The van der Waals surface area contributed by atoms with Crippen LogP contribution in [0.2, 0.25) is 0 Å². The Morgan fingerprint density at radius 1 is 1.00 bits per heavy atom. The molecule has 1 aliphatic carbocycles. The summed E-state index contributed by atoms with van der Waals surface area (Å²) in [5, 5.41) is 14.6. The summed E-state index contributed by atoms with van der Waals surface area (Å²) in [5.74, 6) is 0. The smallest absolute Gasteiger partial charge is 0.0911 e. The first-order valence-corrected chi connectivity index (χ1v) is 8.31. The fraction of sp³-hybridized carbons (Fsp3) is 0.400. The molecule has 2 atom stereocenters. The molecule has 0 amide bonds. The molecule has 0 unspecified atom stereocenters. The minimum atomic E-state index is -0.663. The third-order valence-corrected chi connectivity index (χ3v) is 4.73. The van der Waals surface area contributed by atoms with Gasteiger partial charge in [0.2, 0.25) is 0 Å². The monoisotopic (exact) mass is 295 g/mol. The van der Waals surface area contributed by atoms with Gasteiger partial charge in [0.15, 0.2) is 0 Å². The maximum absolute atomic E-state index is 11.0. The van der Waals surface area contributed by atoms with E-state index in [4.69, 9.17) is 0 Å². The number of hydrogen-bond donors (Lipinski definition) is 2. The summed E-state index contributed by atoms with van der Waals surface area (Å²) in [6, 6.07) is 21.1. The lowest BCUT2D eigenvalue weighted by atomic mass is 9.77. The van der Waals surface area contributed by atoms with Gasteiger partial charge in [0, 0.05) is 6.04 Å². The van der Waals surface area contributed by atoms with E-state index < -0.39 is 5.60 Å². The predicted octanol–water partition coefficient (Wildman–Crippen LogP) is 3.65. The highest BCUT2D eigenvalue weighted by Gasteiger charge is 2.35. The van der Waals surface area contributed by atoms with E-state index in [0.29, 0.717) is 6.04 Å². The summed E-state index contributed by atoms with van der Waals surface area (Å²) in [4.78, 5) is 0. The van der Waals surface area contributed by atoms with Crippen LogP contribution < -0.4 is 5.32 Å². The van der Waals surface area contributed by atoms with E-state index in [-0.39, 0.29) is 0 Å². The fourth-order valence-corrected chi connectivity index (χ4v) is 3.50. The molecular formula is C20H25NO. The summed E-state index contributed by atoms with van der Waals surface area (Å²) in [6.07, 6.45) is 4.96. The molecule has 2 heteroatoms. The molecular weight excluding hydrogens is 270 g/mol. The van der Waals surface area contributed by atoms with Crippen LogP contribution >= 0.6 is 0 Å². The van der Waals surface area contributed by atoms with Crippen molar-refractivity contribution >= 4 is 0 Å². The van der Waals surface area contributed by atoms with Gasteiger partial charge in [-0.25, -0.2) is 0 Å². The molecule has 2 nitrogen and oxygen atoms in total. The third-order valence-electron chi connectivity index (χ3n) is 4.73. The van der Waals surface area contributed by atoms with Crippen LogP contribution in [-0.2, 0) is 12.0 Å². The number of benzene rings is 2. The zero-order chi connectivity index (χ0) is 15.3. The molecule has 116 valence electrons. The molecule has 1 aliphatic rings. The molecule has 0 spiro atoms. The van der Waals surface area contributed by atoms with Crippen molar-refractivity contribution in [2.75, 3.05) is 6.54 Å². The lowest BCUT2D eigenvalue weighted by molar-refractivity contribution is -0.0122. The average molecular weight is 295 g/mol. The van der Waals surface area contributed by atoms with Crippen LogP contribution in [0, 0.1) is 0 Å². The molecule has 0 heterocycles. The van der Waals surface area contributed by atoms with Gasteiger partial charge in [0.1, 0.15) is 0 Å². The van der Waals surface area contributed by atoms with Gasteiger partial charge in [-0.1, -0.05) is 60.7 Å². The Morgan fingerprint density at radius 3 is 2.41 bits per heavy atom. The van der Waals surface area contributed by atoms with Gasteiger partial charge in [-0.3, -0.25) is 0 Å².